The quantitative estimate of drug-likeness (QED) is 0.0214. The maximum Gasteiger partial charge on any atom is 0.407 e. The summed E-state index contributed by atoms with van der Waals surface area (Å²) < 4.78 is 91.9. The van der Waals surface area contributed by atoms with E-state index in [0.29, 0.717) is 127 Å². The zero-order chi connectivity index (χ0) is 79.7. The van der Waals surface area contributed by atoms with Gasteiger partial charge in [0, 0.05) is 60.9 Å². The Bertz CT molecular complexity index is 3640. The number of ketones is 3. The van der Waals surface area contributed by atoms with Crippen molar-refractivity contribution in [3.63, 3.8) is 0 Å². The van der Waals surface area contributed by atoms with E-state index < -0.39 is 112 Å². The van der Waals surface area contributed by atoms with Crippen molar-refractivity contribution in [1.29, 1.82) is 0 Å². The van der Waals surface area contributed by atoms with Crippen molar-refractivity contribution in [3.8, 4) is 5.75 Å². The van der Waals surface area contributed by atoms with Crippen LogP contribution in [-0.4, -0.2) is 221 Å². The molecule has 8 N–H and O–H groups in total. The van der Waals surface area contributed by atoms with Crippen LogP contribution in [0.2, 0.25) is 0 Å². The Kier molecular flexibility index (Phi) is 33.0. The number of aliphatic hydroxyl groups excluding tert-OH is 1. The monoisotopic (exact) mass is 1560 g/mol. The van der Waals surface area contributed by atoms with Crippen LogP contribution >= 0.6 is 0 Å². The molecule has 6 aliphatic carbocycles. The molecule has 3 aromatic rings. The van der Waals surface area contributed by atoms with Crippen molar-refractivity contribution in [2.45, 2.75) is 174 Å². The van der Waals surface area contributed by atoms with Gasteiger partial charge in [-0.15, -0.1) is 5.10 Å². The number of hydrogen-bond acceptors (Lipinski definition) is 22. The molecule has 0 spiro atoms. The smallest absolute Gasteiger partial charge is 0.407 e. The molecule has 0 aliphatic heterocycles. The van der Waals surface area contributed by atoms with Gasteiger partial charge in [-0.05, 0) is 160 Å². The van der Waals surface area contributed by atoms with Gasteiger partial charge in [0.1, 0.15) is 30.7 Å². The molecule has 1 aromatic heterocycles. The number of hydrogen-bond donors (Lipinski definition) is 7. The molecule has 5 amide bonds. The molecule has 4 saturated carbocycles. The Balaban J connectivity index is 0.593. The van der Waals surface area contributed by atoms with Gasteiger partial charge >= 0.3 is 18.1 Å². The van der Waals surface area contributed by atoms with Crippen LogP contribution < -0.4 is 31.7 Å². The number of aromatic nitrogens is 3. The second-order valence-electron chi connectivity index (χ2n) is 30.9. The van der Waals surface area contributed by atoms with Crippen molar-refractivity contribution in [1.82, 2.24) is 30.9 Å². The number of ether oxygens (including phenoxy) is 10. The number of nitrogens with one attached hydrogen (secondary N) is 4. The molecule has 614 valence electrons. The van der Waals surface area contributed by atoms with Gasteiger partial charge in [0.05, 0.1) is 129 Å². The van der Waals surface area contributed by atoms with Crippen molar-refractivity contribution in [2.75, 3.05) is 124 Å². The molecule has 4 fully saturated rings. The van der Waals surface area contributed by atoms with E-state index in [1.165, 1.54) is 24.8 Å². The Morgan fingerprint density at radius 3 is 2.05 bits per heavy atom. The van der Waals surface area contributed by atoms with Crippen LogP contribution in [0.5, 0.6) is 5.75 Å². The highest BCUT2D eigenvalue weighted by Gasteiger charge is 2.76. The second-order valence-corrected chi connectivity index (χ2v) is 30.9. The predicted molar refractivity (Wildman–Crippen MR) is 402 cm³/mol. The molecule has 14 atom stereocenters. The van der Waals surface area contributed by atoms with Crippen LogP contribution in [0.15, 0.2) is 72.3 Å². The van der Waals surface area contributed by atoms with Crippen LogP contribution in [0.25, 0.3) is 0 Å². The molecule has 2 aromatic carbocycles. The fourth-order valence-corrected chi connectivity index (χ4v) is 17.1. The zero-order valence-corrected chi connectivity index (χ0v) is 65.2. The number of carbonyl (C=O) groups excluding carboxylic acids is 8. The summed E-state index contributed by atoms with van der Waals surface area (Å²) >= 11 is 0. The fourth-order valence-electron chi connectivity index (χ4n) is 17.1. The number of rotatable bonds is 48. The number of nitrogens with two attached hydrogens (primary N) is 1. The van der Waals surface area contributed by atoms with E-state index >= 15 is 8.78 Å². The van der Waals surface area contributed by atoms with Gasteiger partial charge in [-0.2, -0.15) is 0 Å². The fraction of sp³-hybridized carbons (Fsp3) is 0.679. The lowest BCUT2D eigenvalue weighted by Gasteiger charge is -2.63. The van der Waals surface area contributed by atoms with Crippen LogP contribution in [0.4, 0.5) is 24.1 Å². The molecule has 111 heavy (non-hydrogen) atoms. The van der Waals surface area contributed by atoms with Crippen molar-refractivity contribution in [3.05, 3.63) is 94.8 Å². The van der Waals surface area contributed by atoms with E-state index in [2.05, 4.69) is 38.5 Å². The Morgan fingerprint density at radius 1 is 0.757 bits per heavy atom. The van der Waals surface area contributed by atoms with Crippen LogP contribution in [-0.2, 0) is 104 Å². The number of anilines is 1. The number of unbranched alkanes of at least 4 members (excludes halogenated alkanes) is 1. The number of halogens is 2. The topological polar surface area (TPSA) is 374 Å². The third-order valence-electron chi connectivity index (χ3n) is 23.3. The SMILES string of the molecule is CCCCOCCOCCOCCn1nnc2c1CCC1C(CC2)C1COC(=O)NCCOCCOCCOCCOCCC(=O)N[C@H](C(=O)C[C@@H](CCCNC(N)=O)C(=O)Nc1ccc(COC(=O)Cc2ccc(OCC(=O)[C@@]3(O)[C@H](C)C[C@H]4[C@@H]5C[C@H](F)C6=CC(=O)C=C[C@]6(C)[C@@]5(F)[C@@H](O)C[C@@]43C)cc2)cc1)C(C)C. The Morgan fingerprint density at radius 2 is 1.39 bits per heavy atom. The molecular formula is C81H116F2N8O20. The maximum atomic E-state index is 17.7. The minimum absolute atomic E-state index is 0.00954. The van der Waals surface area contributed by atoms with Crippen molar-refractivity contribution in [2.24, 2.45) is 63.9 Å². The minimum Gasteiger partial charge on any atom is -0.486 e. The molecule has 0 bridgehead atoms. The number of primary amides is 1. The first-order valence-electron chi connectivity index (χ1n) is 39.5. The van der Waals surface area contributed by atoms with Crippen LogP contribution in [0.1, 0.15) is 135 Å². The van der Waals surface area contributed by atoms with E-state index in [-0.39, 0.29) is 101 Å². The van der Waals surface area contributed by atoms with Gasteiger partial charge in [0.2, 0.25) is 17.6 Å². The number of alkyl carbamates (subject to hydrolysis) is 1. The molecule has 1 heterocycles. The highest BCUT2D eigenvalue weighted by atomic mass is 19.1. The molecule has 0 saturated heterocycles. The number of Topliss-reactive ketones (excluding diaryl/α,β-unsaturated/α-hetero) is 2. The van der Waals surface area contributed by atoms with Crippen molar-refractivity contribution < 1.29 is 105 Å². The Hall–Kier alpha value is -7.68. The number of esters is 1. The maximum absolute atomic E-state index is 17.7. The summed E-state index contributed by atoms with van der Waals surface area (Å²) in [5, 5.41) is 43.9. The molecule has 30 heteroatoms. The third-order valence-corrected chi connectivity index (χ3v) is 23.3. The number of allylic oxidation sites excluding steroid dienone is 4. The van der Waals surface area contributed by atoms with E-state index in [1.807, 2.05) is 4.68 Å². The first-order valence-corrected chi connectivity index (χ1v) is 39.5. The summed E-state index contributed by atoms with van der Waals surface area (Å²) in [5.74, 6) is -4.87. The summed E-state index contributed by atoms with van der Waals surface area (Å²) in [6.07, 6.45) is 5.56. The number of urea groups is 1. The number of aryl methyl sites for hydroxylation is 1. The number of aliphatic hydroxyl groups is 2. The van der Waals surface area contributed by atoms with Gasteiger partial charge in [-0.25, -0.2) is 23.1 Å². The number of carbonyl (C=O) groups is 8. The van der Waals surface area contributed by atoms with Gasteiger partial charge in [0.15, 0.2) is 17.2 Å². The summed E-state index contributed by atoms with van der Waals surface area (Å²) in [6.45, 7) is 17.0. The summed E-state index contributed by atoms with van der Waals surface area (Å²) in [4.78, 5) is 104. The lowest BCUT2D eigenvalue weighted by atomic mass is 9.44. The number of alkyl halides is 2. The molecule has 0 radical (unpaired) electrons. The van der Waals surface area contributed by atoms with Gasteiger partial charge < -0.3 is 84.6 Å². The van der Waals surface area contributed by atoms with Gasteiger partial charge in [-0.1, -0.05) is 76.6 Å². The standard InChI is InChI=1S/C81H116F2N8O20/c1-7-8-29-102-33-37-106-40-36-105-32-28-91-68-22-20-61-60(19-21-67(68)89-90-91)62(61)50-111-77(100)86-27-31-104-35-39-108-42-41-107-38-34-103-30-24-72(96)88-74(52(2)3)69(93)45-56(10-9-26-85-76(84)99)75(98)87-57-15-11-55(12-16-57)49-110-73(97)44-54-13-17-59(18-14-54)109-51-71(95)81(101)53(4)43-63-64-47-66(82)65-46-58(92)23-25-78(65,5)80(64,83)70(94)48-79(63,81)6/h11-18,23,25,46,52-53,56,60-64,66,70,74,94,101H,7-10,19-22,24,26-45,47-51H2,1-6H3,(H,86,100)(H,87,98)(H,88,96)(H3,84,85,99)/t53-,56-,60?,61?,62?,63+,64+,66+,70+,74+,78+,79+,80+,81+/m1/s1. The lowest BCUT2D eigenvalue weighted by molar-refractivity contribution is -0.223. The third kappa shape index (κ3) is 23.1. The average Bonchev–Trinajstić information content (AvgIpc) is 1.58. The molecular weight excluding hydrogens is 1440 g/mol. The normalized spacial score (nSPS) is 26.1. The lowest BCUT2D eigenvalue weighted by Crippen LogP contribution is -2.70. The first kappa shape index (κ1) is 87.3. The summed E-state index contributed by atoms with van der Waals surface area (Å²) in [5.41, 5.74) is 1.73. The number of nitrogens with zero attached hydrogens (tertiary/aromatic N) is 3. The largest absolute Gasteiger partial charge is 0.486 e. The van der Waals surface area contributed by atoms with Crippen LogP contribution in [0, 0.1) is 58.2 Å². The zero-order valence-electron chi connectivity index (χ0n) is 65.2. The number of benzene rings is 2. The van der Waals surface area contributed by atoms with E-state index in [9.17, 15) is 48.6 Å². The highest BCUT2D eigenvalue weighted by molar-refractivity contribution is 6.01. The Labute approximate surface area is 648 Å². The van der Waals surface area contributed by atoms with Gasteiger partial charge in [-0.3, -0.25) is 28.8 Å². The number of amides is 5. The first-order chi connectivity index (χ1) is 53.3. The average molecular weight is 1560 g/mol. The van der Waals surface area contributed by atoms with E-state index in [1.54, 1.807) is 76.2 Å². The van der Waals surface area contributed by atoms with Gasteiger partial charge in [0.25, 0.3) is 0 Å². The van der Waals surface area contributed by atoms with Crippen LogP contribution in [0.3, 0.4) is 0 Å². The van der Waals surface area contributed by atoms with E-state index in [0.717, 1.165) is 56.9 Å². The van der Waals surface area contributed by atoms with Crippen molar-refractivity contribution >= 4 is 52.9 Å². The molecule has 6 aliphatic rings. The second kappa shape index (κ2) is 41.9. The number of fused-ring (bicyclic) bond motifs is 7. The summed E-state index contributed by atoms with van der Waals surface area (Å²) in [7, 11) is 0. The predicted octanol–water partition coefficient (Wildman–Crippen LogP) is 7.38. The highest BCUT2D eigenvalue weighted by Crippen LogP contribution is 2.71. The summed E-state index contributed by atoms with van der Waals surface area (Å²) in [6, 6.07) is 11.3. The minimum atomic E-state index is -2.36. The van der Waals surface area contributed by atoms with E-state index in [4.69, 9.17) is 53.1 Å². The molecule has 28 nitrogen and oxygen atoms in total. The molecule has 9 rings (SSSR count). The molecule has 3 unspecified atom stereocenters.